The fourth-order valence-corrected chi connectivity index (χ4v) is 3.30. The van der Waals surface area contributed by atoms with Crippen molar-refractivity contribution in [3.05, 3.63) is 54.1 Å². The lowest BCUT2D eigenvalue weighted by Gasteiger charge is -2.22. The summed E-state index contributed by atoms with van der Waals surface area (Å²) in [6, 6.07) is 15.0. The Kier molecular flexibility index (Phi) is 5.64. The molecule has 2 aromatic rings. The summed E-state index contributed by atoms with van der Waals surface area (Å²) < 4.78 is 10.4. The van der Waals surface area contributed by atoms with Crippen LogP contribution in [0.4, 0.5) is 5.69 Å². The van der Waals surface area contributed by atoms with Crippen LogP contribution in [0.3, 0.4) is 0 Å². The smallest absolute Gasteiger partial charge is 0.228 e. The molecule has 0 aromatic heterocycles. The Bertz CT molecular complexity index is 819. The maximum Gasteiger partial charge on any atom is 0.228 e. The van der Waals surface area contributed by atoms with E-state index in [0.717, 1.165) is 17.0 Å². The lowest BCUT2D eigenvalue weighted by atomic mass is 10.1. The van der Waals surface area contributed by atoms with Crippen molar-refractivity contribution in [1.82, 2.24) is 4.90 Å². The minimum Gasteiger partial charge on any atom is -0.497 e. The van der Waals surface area contributed by atoms with Crippen molar-refractivity contribution in [2.24, 2.45) is 5.92 Å². The quantitative estimate of drug-likeness (QED) is 0.787. The summed E-state index contributed by atoms with van der Waals surface area (Å²) >= 11 is 0. The summed E-state index contributed by atoms with van der Waals surface area (Å²) in [4.78, 5) is 28.6. The van der Waals surface area contributed by atoms with Crippen LogP contribution in [0.15, 0.2) is 48.5 Å². The molecule has 142 valence electrons. The molecule has 6 nitrogen and oxygen atoms in total. The Morgan fingerprint density at radius 1 is 1.11 bits per heavy atom. The van der Waals surface area contributed by atoms with Gasteiger partial charge in [-0.2, -0.15) is 0 Å². The maximum atomic E-state index is 12.8. The zero-order valence-corrected chi connectivity index (χ0v) is 15.8. The highest BCUT2D eigenvalue weighted by atomic mass is 16.5. The highest BCUT2D eigenvalue weighted by molar-refractivity contribution is 6.00. The molecule has 1 fully saturated rings. The summed E-state index contributed by atoms with van der Waals surface area (Å²) in [6.45, 7) is 0.879. The average molecular weight is 368 g/mol. The normalized spacial score (nSPS) is 16.3. The summed E-state index contributed by atoms with van der Waals surface area (Å²) in [7, 11) is 4.98. The van der Waals surface area contributed by atoms with E-state index in [4.69, 9.17) is 9.47 Å². The van der Waals surface area contributed by atoms with Crippen LogP contribution >= 0.6 is 0 Å². The fraction of sp³-hybridized carbons (Fsp3) is 0.333. The van der Waals surface area contributed by atoms with Gasteiger partial charge in [-0.05, 0) is 29.8 Å². The Labute approximate surface area is 159 Å². The monoisotopic (exact) mass is 368 g/mol. The van der Waals surface area contributed by atoms with Crippen molar-refractivity contribution < 1.29 is 19.1 Å². The molecule has 0 radical (unpaired) electrons. The van der Waals surface area contributed by atoms with Crippen molar-refractivity contribution in [3.63, 3.8) is 0 Å². The third kappa shape index (κ3) is 4.22. The molecule has 2 amide bonds. The second kappa shape index (κ2) is 8.12. The SMILES string of the molecule is COc1ccc(CN(C)C(=O)C2CC(=O)N(c3cccc(OC)c3)C2)cc1. The summed E-state index contributed by atoms with van der Waals surface area (Å²) in [6.07, 6.45) is 0.225. The van der Waals surface area contributed by atoms with Gasteiger partial charge >= 0.3 is 0 Å². The second-order valence-electron chi connectivity index (χ2n) is 6.65. The van der Waals surface area contributed by atoms with Gasteiger partial charge in [0.1, 0.15) is 11.5 Å². The average Bonchev–Trinajstić information content (AvgIpc) is 3.09. The molecule has 3 rings (SSSR count). The van der Waals surface area contributed by atoms with Crippen LogP contribution in [0, 0.1) is 5.92 Å². The summed E-state index contributed by atoms with van der Waals surface area (Å²) in [5, 5.41) is 0. The van der Waals surface area contributed by atoms with Gasteiger partial charge in [-0.25, -0.2) is 0 Å². The summed E-state index contributed by atoms with van der Waals surface area (Å²) in [5.74, 6) is 1.06. The van der Waals surface area contributed by atoms with E-state index in [0.29, 0.717) is 18.8 Å². The standard InChI is InChI=1S/C21H24N2O4/c1-22(13-15-7-9-18(26-2)10-8-15)21(25)16-11-20(24)23(14-16)17-5-4-6-19(12-17)27-3/h4-10,12,16H,11,13-14H2,1-3H3. The minimum atomic E-state index is -0.341. The van der Waals surface area contributed by atoms with Gasteiger partial charge < -0.3 is 19.3 Å². The van der Waals surface area contributed by atoms with Gasteiger partial charge in [0.15, 0.2) is 0 Å². The minimum absolute atomic E-state index is 0.0236. The number of ether oxygens (including phenoxy) is 2. The molecule has 0 aliphatic carbocycles. The molecule has 27 heavy (non-hydrogen) atoms. The molecule has 0 saturated carbocycles. The van der Waals surface area contributed by atoms with E-state index < -0.39 is 0 Å². The molecule has 6 heteroatoms. The van der Waals surface area contributed by atoms with E-state index in [2.05, 4.69) is 0 Å². The van der Waals surface area contributed by atoms with Crippen LogP contribution in [0.25, 0.3) is 0 Å². The number of hydrogen-bond donors (Lipinski definition) is 0. The van der Waals surface area contributed by atoms with Crippen LogP contribution in [0.5, 0.6) is 11.5 Å². The predicted octanol–water partition coefficient (Wildman–Crippen LogP) is 2.72. The number of hydrogen-bond acceptors (Lipinski definition) is 4. The number of methoxy groups -OCH3 is 2. The van der Waals surface area contributed by atoms with E-state index in [1.807, 2.05) is 48.5 Å². The highest BCUT2D eigenvalue weighted by Crippen LogP contribution is 2.29. The molecular weight excluding hydrogens is 344 g/mol. The Morgan fingerprint density at radius 3 is 2.48 bits per heavy atom. The first kappa shape index (κ1) is 18.8. The molecule has 1 aliphatic heterocycles. The van der Waals surface area contributed by atoms with Crippen molar-refractivity contribution in [2.75, 3.05) is 32.7 Å². The Balaban J connectivity index is 1.65. The molecule has 1 heterocycles. The predicted molar refractivity (Wildman–Crippen MR) is 103 cm³/mol. The second-order valence-corrected chi connectivity index (χ2v) is 6.65. The third-order valence-corrected chi connectivity index (χ3v) is 4.79. The first-order valence-electron chi connectivity index (χ1n) is 8.84. The van der Waals surface area contributed by atoms with Crippen LogP contribution in [-0.4, -0.2) is 44.5 Å². The first-order valence-corrected chi connectivity index (χ1v) is 8.84. The van der Waals surface area contributed by atoms with Gasteiger partial charge in [-0.15, -0.1) is 0 Å². The number of anilines is 1. The number of nitrogens with zero attached hydrogens (tertiary/aromatic N) is 2. The van der Waals surface area contributed by atoms with Crippen LogP contribution in [0.1, 0.15) is 12.0 Å². The van der Waals surface area contributed by atoms with Gasteiger partial charge in [-0.3, -0.25) is 9.59 Å². The van der Waals surface area contributed by atoms with Gasteiger partial charge in [0.05, 0.1) is 20.1 Å². The lowest BCUT2D eigenvalue weighted by Crippen LogP contribution is -2.34. The van der Waals surface area contributed by atoms with E-state index in [1.165, 1.54) is 0 Å². The molecule has 0 N–H and O–H groups in total. The van der Waals surface area contributed by atoms with E-state index in [9.17, 15) is 9.59 Å². The zero-order valence-electron chi connectivity index (χ0n) is 15.8. The van der Waals surface area contributed by atoms with Gasteiger partial charge in [-0.1, -0.05) is 18.2 Å². The lowest BCUT2D eigenvalue weighted by molar-refractivity contribution is -0.135. The third-order valence-electron chi connectivity index (χ3n) is 4.79. The molecule has 0 spiro atoms. The molecule has 1 aliphatic rings. The van der Waals surface area contributed by atoms with Crippen LogP contribution in [0.2, 0.25) is 0 Å². The Morgan fingerprint density at radius 2 is 1.81 bits per heavy atom. The largest absolute Gasteiger partial charge is 0.497 e. The van der Waals surface area contributed by atoms with Gasteiger partial charge in [0.25, 0.3) is 0 Å². The van der Waals surface area contributed by atoms with E-state index in [-0.39, 0.29) is 24.2 Å². The van der Waals surface area contributed by atoms with E-state index in [1.54, 1.807) is 31.1 Å². The molecule has 1 unspecified atom stereocenters. The highest BCUT2D eigenvalue weighted by Gasteiger charge is 2.36. The number of benzene rings is 2. The number of rotatable bonds is 6. The Hall–Kier alpha value is -3.02. The topological polar surface area (TPSA) is 59.1 Å². The van der Waals surface area contributed by atoms with Gasteiger partial charge in [0.2, 0.25) is 11.8 Å². The van der Waals surface area contributed by atoms with Gasteiger partial charge in [0, 0.05) is 38.3 Å². The van der Waals surface area contributed by atoms with Crippen molar-refractivity contribution in [2.45, 2.75) is 13.0 Å². The van der Waals surface area contributed by atoms with Crippen molar-refractivity contribution >= 4 is 17.5 Å². The molecule has 2 aromatic carbocycles. The summed E-state index contributed by atoms with van der Waals surface area (Å²) in [5.41, 5.74) is 1.77. The number of carbonyl (C=O) groups is 2. The fourth-order valence-electron chi connectivity index (χ4n) is 3.30. The number of amides is 2. The molecular formula is C21H24N2O4. The molecule has 1 saturated heterocycles. The van der Waals surface area contributed by atoms with E-state index >= 15 is 0 Å². The van der Waals surface area contributed by atoms with Crippen LogP contribution < -0.4 is 14.4 Å². The maximum absolute atomic E-state index is 12.8. The molecule has 1 atom stereocenters. The number of carbonyl (C=O) groups excluding carboxylic acids is 2. The van der Waals surface area contributed by atoms with Crippen molar-refractivity contribution in [1.29, 1.82) is 0 Å². The van der Waals surface area contributed by atoms with Crippen LogP contribution in [-0.2, 0) is 16.1 Å². The molecule has 0 bridgehead atoms. The zero-order chi connectivity index (χ0) is 19.4. The van der Waals surface area contributed by atoms with Crippen molar-refractivity contribution in [3.8, 4) is 11.5 Å². The first-order chi connectivity index (χ1) is 13.0.